The van der Waals surface area contributed by atoms with Gasteiger partial charge in [0, 0.05) is 81.5 Å². The smallest absolute Gasteiger partial charge is 0.243 e. The minimum atomic E-state index is -3.74. The third-order valence-corrected chi connectivity index (χ3v) is 17.1. The molecule has 0 spiro atoms. The van der Waals surface area contributed by atoms with E-state index in [0.29, 0.717) is 76.7 Å². The van der Waals surface area contributed by atoms with Gasteiger partial charge < -0.3 is 28.7 Å². The van der Waals surface area contributed by atoms with Gasteiger partial charge in [-0.15, -0.1) is 22.7 Å². The van der Waals surface area contributed by atoms with Gasteiger partial charge in [-0.2, -0.15) is 8.61 Å². The fraction of sp³-hybridized carbons (Fsp3) is 0.318. The van der Waals surface area contributed by atoms with Crippen LogP contribution >= 0.6 is 45.9 Å². The van der Waals surface area contributed by atoms with Crippen LogP contribution in [0.3, 0.4) is 0 Å². The first kappa shape index (κ1) is 49.1. The van der Waals surface area contributed by atoms with E-state index in [1.165, 1.54) is 43.4 Å². The molecule has 0 unspecified atom stereocenters. The summed E-state index contributed by atoms with van der Waals surface area (Å²) in [6, 6.07) is 18.4. The largest absolute Gasteiger partial charge is 0.497 e. The fourth-order valence-corrected chi connectivity index (χ4v) is 12.4. The molecule has 6 aromatic rings. The normalized spacial score (nSPS) is 15.0. The molecule has 2 aromatic heterocycles. The van der Waals surface area contributed by atoms with Crippen LogP contribution in [0.1, 0.15) is 22.5 Å². The fourth-order valence-electron chi connectivity index (χ4n) is 7.27. The Morgan fingerprint density at radius 3 is 1.48 bits per heavy atom. The van der Waals surface area contributed by atoms with Crippen LogP contribution in [0.2, 0.25) is 10.0 Å². The number of methoxy groups -OCH3 is 4. The molecule has 22 heteroatoms. The summed E-state index contributed by atoms with van der Waals surface area (Å²) in [7, 11) is -1.02. The zero-order valence-electron chi connectivity index (χ0n) is 36.2. The van der Waals surface area contributed by atoms with E-state index in [0.717, 1.165) is 68.5 Å². The van der Waals surface area contributed by atoms with Gasteiger partial charge in [-0.1, -0.05) is 29.3 Å². The molecule has 2 fully saturated rings. The van der Waals surface area contributed by atoms with E-state index >= 15 is 0 Å². The number of thiazole rings is 2. The molecule has 0 bridgehead atoms. The molecule has 66 heavy (non-hydrogen) atoms. The second-order valence-corrected chi connectivity index (χ2v) is 21.3. The van der Waals surface area contributed by atoms with E-state index in [4.69, 9.17) is 52.1 Å². The van der Waals surface area contributed by atoms with E-state index in [1.54, 1.807) is 28.4 Å². The molecule has 0 atom stereocenters. The summed E-state index contributed by atoms with van der Waals surface area (Å²) in [4.78, 5) is 13.6. The number of halogens is 4. The Kier molecular flexibility index (Phi) is 16.0. The average molecular weight is 1020 g/mol. The number of anilines is 2. The highest BCUT2D eigenvalue weighted by Gasteiger charge is 2.31. The van der Waals surface area contributed by atoms with Crippen LogP contribution in [0.15, 0.2) is 93.3 Å². The number of aromatic nitrogens is 2. The van der Waals surface area contributed by atoms with Gasteiger partial charge in [0.25, 0.3) is 0 Å². The van der Waals surface area contributed by atoms with Gasteiger partial charge in [-0.25, -0.2) is 35.6 Å². The number of hydrogen-bond donors (Lipinski definition) is 0. The highest BCUT2D eigenvalue weighted by atomic mass is 35.5. The van der Waals surface area contributed by atoms with Crippen LogP contribution in [0.25, 0.3) is 0 Å². The van der Waals surface area contributed by atoms with Crippen molar-refractivity contribution in [3.8, 4) is 23.0 Å². The molecule has 0 N–H and O–H groups in total. The molecule has 0 aliphatic carbocycles. The monoisotopic (exact) mass is 1020 g/mol. The van der Waals surface area contributed by atoms with Gasteiger partial charge in [-0.05, 0) is 72.3 Å². The Bertz CT molecular complexity index is 2870. The van der Waals surface area contributed by atoms with E-state index in [9.17, 15) is 25.6 Å². The standard InChI is InChI=1S/2C22H23ClFN3O4S2/c1-30-17-3-6-21(31-2)15(12-17)11-16-14-32-22(25-16)26-7-9-27(10-8-26)33(28,29)18-4-5-20(24)19(23)13-18;1-30-20-6-3-15(12-21(20)31-2)11-16-14-32-22(25-16)26-7-9-27(10-8-26)33(28,29)17-4-5-19(24)18(23)13-17/h2*3-6,12-14H,7-11H2,1-2H3. The molecule has 4 heterocycles. The number of sulfonamides is 2. The maximum absolute atomic E-state index is 13.4. The van der Waals surface area contributed by atoms with E-state index in [1.807, 2.05) is 47.2 Å². The second-order valence-electron chi connectivity index (χ2n) is 14.9. The predicted molar refractivity (Wildman–Crippen MR) is 254 cm³/mol. The molecular formula is C44H46Cl2F2N6O8S4. The lowest BCUT2D eigenvalue weighted by molar-refractivity contribution is 0.354. The van der Waals surface area contributed by atoms with Crippen LogP contribution in [-0.2, 0) is 32.9 Å². The van der Waals surface area contributed by atoms with E-state index in [-0.39, 0.29) is 19.8 Å². The molecule has 0 saturated carbocycles. The van der Waals surface area contributed by atoms with Crippen molar-refractivity contribution in [3.63, 3.8) is 0 Å². The predicted octanol–water partition coefficient (Wildman–Crippen LogP) is 8.11. The Morgan fingerprint density at radius 1 is 0.561 bits per heavy atom. The van der Waals surface area contributed by atoms with E-state index in [2.05, 4.69) is 9.80 Å². The lowest BCUT2D eigenvalue weighted by Crippen LogP contribution is -2.48. The summed E-state index contributed by atoms with van der Waals surface area (Å²) in [6.45, 7) is 3.25. The summed E-state index contributed by atoms with van der Waals surface area (Å²) in [5.74, 6) is 1.58. The van der Waals surface area contributed by atoms with Gasteiger partial charge in [-0.3, -0.25) is 0 Å². The van der Waals surface area contributed by atoms with Crippen molar-refractivity contribution in [1.82, 2.24) is 18.6 Å². The van der Waals surface area contributed by atoms with Gasteiger partial charge >= 0.3 is 0 Å². The number of benzene rings is 4. The molecule has 4 aromatic carbocycles. The van der Waals surface area contributed by atoms with Crippen LogP contribution in [0.4, 0.5) is 19.0 Å². The van der Waals surface area contributed by atoms with Crippen molar-refractivity contribution >= 4 is 76.2 Å². The zero-order chi connectivity index (χ0) is 47.2. The van der Waals surface area contributed by atoms with Crippen LogP contribution in [0.5, 0.6) is 23.0 Å². The third kappa shape index (κ3) is 11.3. The Hall–Kier alpha value is -4.80. The number of rotatable bonds is 14. The van der Waals surface area contributed by atoms with Gasteiger partial charge in [0.2, 0.25) is 20.0 Å². The maximum Gasteiger partial charge on any atom is 0.243 e. The molecular weight excluding hydrogens is 978 g/mol. The Labute approximate surface area is 400 Å². The summed E-state index contributed by atoms with van der Waals surface area (Å²) in [5, 5.41) is 5.28. The lowest BCUT2D eigenvalue weighted by Gasteiger charge is -2.33. The first-order valence-corrected chi connectivity index (χ1v) is 25.7. The first-order chi connectivity index (χ1) is 31.6. The summed E-state index contributed by atoms with van der Waals surface area (Å²) in [6.07, 6.45) is 1.24. The molecule has 0 radical (unpaired) electrons. The van der Waals surface area contributed by atoms with E-state index < -0.39 is 31.7 Å². The van der Waals surface area contributed by atoms with Gasteiger partial charge in [0.1, 0.15) is 23.1 Å². The number of ether oxygens (including phenoxy) is 4. The highest BCUT2D eigenvalue weighted by Crippen LogP contribution is 2.32. The lowest BCUT2D eigenvalue weighted by atomic mass is 10.1. The minimum absolute atomic E-state index is 0.00574. The molecule has 2 aliphatic rings. The third-order valence-electron chi connectivity index (χ3n) is 10.8. The van der Waals surface area contributed by atoms with Crippen molar-refractivity contribution < 1.29 is 44.6 Å². The number of nitrogens with zero attached hydrogens (tertiary/aromatic N) is 6. The van der Waals surface area contributed by atoms with Gasteiger partial charge in [0.15, 0.2) is 21.8 Å². The first-order valence-electron chi connectivity index (χ1n) is 20.3. The molecule has 0 amide bonds. The zero-order valence-corrected chi connectivity index (χ0v) is 41.0. The van der Waals surface area contributed by atoms with Crippen molar-refractivity contribution in [2.45, 2.75) is 22.6 Å². The van der Waals surface area contributed by atoms with Crippen LogP contribution < -0.4 is 28.7 Å². The minimum Gasteiger partial charge on any atom is -0.497 e. The summed E-state index contributed by atoms with van der Waals surface area (Å²) in [5.41, 5.74) is 3.86. The SMILES string of the molecule is COc1ccc(Cc2csc(N3CCN(S(=O)(=O)c4ccc(F)c(Cl)c4)CC3)n2)cc1OC.COc1ccc(OC)c(Cc2csc(N3CCN(S(=O)(=O)c4ccc(F)c(Cl)c4)CC3)n2)c1. The quantitative estimate of drug-likeness (QED) is 0.104. The Balaban J connectivity index is 0.000000196. The molecule has 8 rings (SSSR count). The average Bonchev–Trinajstić information content (AvgIpc) is 4.01. The van der Waals surface area contributed by atoms with Crippen LogP contribution in [0, 0.1) is 11.6 Å². The van der Waals surface area contributed by atoms with Crippen LogP contribution in [-0.4, -0.2) is 116 Å². The van der Waals surface area contributed by atoms with Crippen molar-refractivity contribution in [1.29, 1.82) is 0 Å². The molecule has 2 aliphatic heterocycles. The van der Waals surface area contributed by atoms with Crippen molar-refractivity contribution in [2.24, 2.45) is 0 Å². The van der Waals surface area contributed by atoms with Gasteiger partial charge in [0.05, 0.1) is 59.7 Å². The highest BCUT2D eigenvalue weighted by molar-refractivity contribution is 7.89. The maximum atomic E-state index is 13.4. The topological polar surface area (TPSA) is 144 Å². The molecule has 14 nitrogen and oxygen atoms in total. The number of hydrogen-bond acceptors (Lipinski definition) is 14. The molecule has 352 valence electrons. The summed E-state index contributed by atoms with van der Waals surface area (Å²) >= 11 is 14.6. The molecule has 2 saturated heterocycles. The number of piperazine rings is 2. The Morgan fingerprint density at radius 2 is 1.03 bits per heavy atom. The van der Waals surface area contributed by atoms with Crippen molar-refractivity contribution in [3.05, 3.63) is 128 Å². The summed E-state index contributed by atoms with van der Waals surface area (Å²) < 4.78 is 103. The second kappa shape index (κ2) is 21.4. The van der Waals surface area contributed by atoms with Crippen molar-refractivity contribution in [2.75, 3.05) is 90.6 Å².